The van der Waals surface area contributed by atoms with Gasteiger partial charge in [-0.15, -0.1) is 0 Å². The molecule has 1 aromatic carbocycles. The van der Waals surface area contributed by atoms with Gasteiger partial charge in [-0.3, -0.25) is 14.4 Å². The van der Waals surface area contributed by atoms with Crippen LogP contribution in [0.15, 0.2) is 18.2 Å². The summed E-state index contributed by atoms with van der Waals surface area (Å²) in [6, 6.07) is 5.06. The van der Waals surface area contributed by atoms with Crippen LogP contribution in [0.3, 0.4) is 0 Å². The van der Waals surface area contributed by atoms with Crippen LogP contribution >= 0.6 is 0 Å². The van der Waals surface area contributed by atoms with Gasteiger partial charge in [0, 0.05) is 51.6 Å². The van der Waals surface area contributed by atoms with E-state index in [-0.39, 0.29) is 37.0 Å². The Morgan fingerprint density at radius 2 is 1.85 bits per heavy atom. The number of hydrogen-bond acceptors (Lipinski definition) is 5. The second-order valence-corrected chi connectivity index (χ2v) is 6.66. The molecule has 0 saturated carbocycles. The van der Waals surface area contributed by atoms with Crippen molar-refractivity contribution in [2.75, 3.05) is 51.3 Å². The van der Waals surface area contributed by atoms with E-state index in [1.54, 1.807) is 25.2 Å². The van der Waals surface area contributed by atoms with Crippen LogP contribution in [0.25, 0.3) is 0 Å². The number of ketones is 1. The number of fused-ring (bicyclic) bond motifs is 1. The monoisotopic (exact) mass is 359 g/mol. The number of amides is 2. The molecule has 3 rings (SSSR count). The zero-order valence-electron chi connectivity index (χ0n) is 15.4. The third-order valence-electron chi connectivity index (χ3n) is 5.11. The van der Waals surface area contributed by atoms with Crippen LogP contribution in [0.2, 0.25) is 0 Å². The number of rotatable bonds is 5. The summed E-state index contributed by atoms with van der Waals surface area (Å²) < 4.78 is 5.37. The van der Waals surface area contributed by atoms with Crippen LogP contribution in [0, 0.1) is 0 Å². The van der Waals surface area contributed by atoms with E-state index in [0.29, 0.717) is 17.0 Å². The summed E-state index contributed by atoms with van der Waals surface area (Å²) in [7, 11) is 1.66. The maximum absolute atomic E-state index is 12.5. The van der Waals surface area contributed by atoms with Crippen molar-refractivity contribution in [3.63, 3.8) is 0 Å². The number of carbonyl (C=O) groups excluding carboxylic acids is 3. The number of ether oxygens (including phenoxy) is 1. The molecule has 140 valence electrons. The Kier molecular flexibility index (Phi) is 5.56. The predicted molar refractivity (Wildman–Crippen MR) is 97.6 cm³/mol. The van der Waals surface area contributed by atoms with Crippen molar-refractivity contribution < 1.29 is 19.1 Å². The van der Waals surface area contributed by atoms with Crippen molar-refractivity contribution in [2.24, 2.45) is 0 Å². The Bertz CT molecular complexity index is 711. The Hall–Kier alpha value is -2.41. The molecule has 2 heterocycles. The summed E-state index contributed by atoms with van der Waals surface area (Å²) in [5.41, 5.74) is 1.09. The van der Waals surface area contributed by atoms with Gasteiger partial charge in [0.25, 0.3) is 5.91 Å². The minimum Gasteiger partial charge on any atom is -0.482 e. The second kappa shape index (κ2) is 7.86. The van der Waals surface area contributed by atoms with E-state index >= 15 is 0 Å². The quantitative estimate of drug-likeness (QED) is 0.738. The van der Waals surface area contributed by atoms with Crippen LogP contribution < -0.4 is 9.64 Å². The molecule has 26 heavy (non-hydrogen) atoms. The smallest absolute Gasteiger partial charge is 0.264 e. The van der Waals surface area contributed by atoms with E-state index in [4.69, 9.17) is 4.74 Å². The molecule has 0 aliphatic carbocycles. The summed E-state index contributed by atoms with van der Waals surface area (Å²) in [5.74, 6) is 0.375. The molecule has 0 spiro atoms. The Labute approximate surface area is 153 Å². The number of nitrogens with zero attached hydrogens (tertiary/aromatic N) is 3. The lowest BCUT2D eigenvalue weighted by Gasteiger charge is -2.34. The van der Waals surface area contributed by atoms with Crippen molar-refractivity contribution in [3.05, 3.63) is 23.8 Å². The zero-order valence-corrected chi connectivity index (χ0v) is 15.4. The van der Waals surface area contributed by atoms with Crippen molar-refractivity contribution in [1.82, 2.24) is 9.80 Å². The first kappa shape index (κ1) is 18.4. The summed E-state index contributed by atoms with van der Waals surface area (Å²) in [5, 5.41) is 0. The van der Waals surface area contributed by atoms with Gasteiger partial charge in [0.05, 0.1) is 5.69 Å². The van der Waals surface area contributed by atoms with Crippen LogP contribution in [-0.2, 0) is 9.59 Å². The summed E-state index contributed by atoms with van der Waals surface area (Å²) in [6.45, 7) is 6.36. The van der Waals surface area contributed by atoms with Gasteiger partial charge in [-0.2, -0.15) is 0 Å². The molecule has 7 nitrogen and oxygen atoms in total. The Morgan fingerprint density at radius 3 is 2.54 bits per heavy atom. The average Bonchev–Trinajstić information content (AvgIpc) is 2.68. The number of hydrogen-bond donors (Lipinski definition) is 0. The molecule has 0 unspecified atom stereocenters. The standard InChI is InChI=1S/C19H25N3O4/c1-3-21-8-10-22(11-9-21)18(24)7-5-16(23)14-4-6-17-15(12-14)20(2)19(25)13-26-17/h4,6,12H,3,5,7-11,13H2,1-2H3. The lowest BCUT2D eigenvalue weighted by Crippen LogP contribution is -2.48. The van der Waals surface area contributed by atoms with Crippen LogP contribution in [0.5, 0.6) is 5.75 Å². The molecule has 1 aromatic rings. The van der Waals surface area contributed by atoms with Gasteiger partial charge in [-0.05, 0) is 24.7 Å². The molecule has 1 saturated heterocycles. The fourth-order valence-corrected chi connectivity index (χ4v) is 3.28. The number of anilines is 1. The van der Waals surface area contributed by atoms with E-state index in [1.165, 1.54) is 4.90 Å². The van der Waals surface area contributed by atoms with Gasteiger partial charge in [0.15, 0.2) is 12.4 Å². The van der Waals surface area contributed by atoms with Gasteiger partial charge in [0.1, 0.15) is 5.75 Å². The normalized spacial score (nSPS) is 17.7. The Balaban J connectivity index is 1.57. The first-order valence-corrected chi connectivity index (χ1v) is 9.06. The minimum atomic E-state index is -0.150. The van der Waals surface area contributed by atoms with E-state index in [0.717, 1.165) is 32.7 Å². The van der Waals surface area contributed by atoms with Crippen molar-refractivity contribution in [3.8, 4) is 5.75 Å². The third kappa shape index (κ3) is 3.88. The Morgan fingerprint density at radius 1 is 1.12 bits per heavy atom. The molecule has 0 bridgehead atoms. The molecule has 0 aromatic heterocycles. The molecule has 1 fully saturated rings. The first-order chi connectivity index (χ1) is 12.5. The van der Waals surface area contributed by atoms with Gasteiger partial charge < -0.3 is 19.4 Å². The van der Waals surface area contributed by atoms with E-state index in [9.17, 15) is 14.4 Å². The molecular formula is C19H25N3O4. The molecule has 0 N–H and O–H groups in total. The number of likely N-dealkylation sites (N-methyl/N-ethyl adjacent to an activating group) is 2. The predicted octanol–water partition coefficient (Wildman–Crippen LogP) is 1.17. The van der Waals surface area contributed by atoms with Crippen molar-refractivity contribution >= 4 is 23.3 Å². The van der Waals surface area contributed by atoms with Gasteiger partial charge in [0.2, 0.25) is 5.91 Å². The molecule has 2 amide bonds. The van der Waals surface area contributed by atoms with Crippen molar-refractivity contribution in [1.29, 1.82) is 0 Å². The van der Waals surface area contributed by atoms with Crippen LogP contribution in [0.4, 0.5) is 5.69 Å². The highest BCUT2D eigenvalue weighted by molar-refractivity contribution is 6.02. The summed E-state index contributed by atoms with van der Waals surface area (Å²) >= 11 is 0. The largest absolute Gasteiger partial charge is 0.482 e. The lowest BCUT2D eigenvalue weighted by atomic mass is 10.0. The van der Waals surface area contributed by atoms with E-state index in [2.05, 4.69) is 11.8 Å². The summed E-state index contributed by atoms with van der Waals surface area (Å²) in [6.07, 6.45) is 0.386. The minimum absolute atomic E-state index is 0.0105. The molecule has 2 aliphatic rings. The topological polar surface area (TPSA) is 70.2 Å². The number of carbonyl (C=O) groups is 3. The fraction of sp³-hybridized carbons (Fsp3) is 0.526. The molecule has 2 aliphatic heterocycles. The highest BCUT2D eigenvalue weighted by Gasteiger charge is 2.24. The highest BCUT2D eigenvalue weighted by Crippen LogP contribution is 2.32. The highest BCUT2D eigenvalue weighted by atomic mass is 16.5. The van der Waals surface area contributed by atoms with Crippen molar-refractivity contribution in [2.45, 2.75) is 19.8 Å². The van der Waals surface area contributed by atoms with Gasteiger partial charge in [-0.1, -0.05) is 6.92 Å². The van der Waals surface area contributed by atoms with Gasteiger partial charge >= 0.3 is 0 Å². The lowest BCUT2D eigenvalue weighted by molar-refractivity contribution is -0.132. The average molecular weight is 359 g/mol. The van der Waals surface area contributed by atoms with E-state index in [1.807, 2.05) is 4.90 Å². The SMILES string of the molecule is CCN1CCN(C(=O)CCC(=O)c2ccc3c(c2)N(C)C(=O)CO3)CC1. The maximum Gasteiger partial charge on any atom is 0.264 e. The number of Topliss-reactive ketones (excluding diaryl/α,β-unsaturated/α-hetero) is 1. The van der Waals surface area contributed by atoms with Gasteiger partial charge in [-0.25, -0.2) is 0 Å². The number of benzene rings is 1. The van der Waals surface area contributed by atoms with Crippen LogP contribution in [-0.4, -0.2) is 73.8 Å². The molecule has 0 radical (unpaired) electrons. The van der Waals surface area contributed by atoms with Crippen LogP contribution in [0.1, 0.15) is 30.1 Å². The molecule has 0 atom stereocenters. The molecular weight excluding hydrogens is 334 g/mol. The summed E-state index contributed by atoms with van der Waals surface area (Å²) in [4.78, 5) is 42.2. The molecule has 7 heteroatoms. The fourth-order valence-electron chi connectivity index (χ4n) is 3.28. The zero-order chi connectivity index (χ0) is 18.7. The number of piperazine rings is 1. The first-order valence-electron chi connectivity index (χ1n) is 9.06. The van der Waals surface area contributed by atoms with E-state index < -0.39 is 0 Å². The maximum atomic E-state index is 12.5. The second-order valence-electron chi connectivity index (χ2n) is 6.66. The third-order valence-corrected chi connectivity index (χ3v) is 5.11.